The molecule has 1 amide bonds. The quantitative estimate of drug-likeness (QED) is 0.124. The molecule has 2 N–H and O–H groups in total. The molecule has 4 rings (SSSR count). The summed E-state index contributed by atoms with van der Waals surface area (Å²) in [5.74, 6) is -1.83. The van der Waals surface area contributed by atoms with Crippen molar-refractivity contribution in [1.29, 1.82) is 5.26 Å². The average Bonchev–Trinajstić information content (AvgIpc) is 3.33. The Morgan fingerprint density at radius 2 is 1.89 bits per heavy atom. The van der Waals surface area contributed by atoms with Crippen molar-refractivity contribution in [3.8, 4) is 6.07 Å². The second-order valence-corrected chi connectivity index (χ2v) is 8.99. The Bertz CT molecular complexity index is 1510. The highest BCUT2D eigenvalue weighted by atomic mass is 35.5. The van der Waals surface area contributed by atoms with Gasteiger partial charge in [-0.25, -0.2) is 4.39 Å². The molecular weight excluding hydrogens is 551 g/mol. The number of nitrogens with zero attached hydrogens (tertiary/aromatic N) is 3. The number of amides is 1. The van der Waals surface area contributed by atoms with Crippen LogP contribution in [0.25, 0.3) is 10.8 Å². The second-order valence-electron chi connectivity index (χ2n) is 8.18. The number of oxime groups is 2. The average molecular weight is 567 g/mol. The van der Waals surface area contributed by atoms with Crippen molar-refractivity contribution in [3.63, 3.8) is 0 Å². The molecular formula is C25H16Cl2F4N4O3. The van der Waals surface area contributed by atoms with Crippen LogP contribution in [-0.2, 0) is 21.7 Å². The first kappa shape index (κ1) is 27.2. The first-order valence-corrected chi connectivity index (χ1v) is 11.6. The molecule has 0 saturated heterocycles. The van der Waals surface area contributed by atoms with E-state index in [1.54, 1.807) is 30.3 Å². The van der Waals surface area contributed by atoms with E-state index in [4.69, 9.17) is 43.9 Å². The van der Waals surface area contributed by atoms with Gasteiger partial charge in [0.25, 0.3) is 5.60 Å². The number of rotatable bonds is 7. The van der Waals surface area contributed by atoms with E-state index < -0.39 is 45.5 Å². The summed E-state index contributed by atoms with van der Waals surface area (Å²) >= 11 is 11.6. The Morgan fingerprint density at radius 1 is 1.24 bits per heavy atom. The fourth-order valence-electron chi connectivity index (χ4n) is 4.22. The molecule has 0 spiro atoms. The molecule has 0 bridgehead atoms. The number of hydrogen-bond acceptors (Lipinski definition) is 6. The van der Waals surface area contributed by atoms with Crippen LogP contribution in [0, 0.1) is 17.1 Å². The number of carbonyl (C=O) groups is 1. The Morgan fingerprint density at radius 3 is 2.50 bits per heavy atom. The number of carbonyl (C=O) groups excluding carboxylic acids is 1. The molecule has 3 aromatic rings. The molecule has 13 heteroatoms. The molecule has 1 heterocycles. The minimum Gasteiger partial charge on any atom is -0.381 e. The highest BCUT2D eigenvalue weighted by Gasteiger charge is 2.62. The fourth-order valence-corrected chi connectivity index (χ4v) is 4.70. The van der Waals surface area contributed by atoms with Gasteiger partial charge in [0, 0.05) is 30.2 Å². The lowest BCUT2D eigenvalue weighted by Crippen LogP contribution is -2.42. The normalized spacial score (nSPS) is 17.3. The van der Waals surface area contributed by atoms with Crippen LogP contribution in [0.15, 0.2) is 52.8 Å². The summed E-state index contributed by atoms with van der Waals surface area (Å²) in [6, 6.07) is 11.3. The monoisotopic (exact) mass is 566 g/mol. The third-order valence-corrected chi connectivity index (χ3v) is 6.46. The standard InChI is InChI=1S/C25H16Cl2F4N4O3/c26-18-10-14(11-19(27)22(18)28)24(25(29,30)31)12-20(35-38-24)17-9-13(5-7-34-37-8-6-32)21(23(33)36)16-4-2-1-3-15(16)17/h1-4,7,9-11H,5,8,12H2,(H2,33,36). The largest absolute Gasteiger partial charge is 0.435 e. The van der Waals surface area contributed by atoms with Crippen molar-refractivity contribution in [1.82, 2.24) is 0 Å². The van der Waals surface area contributed by atoms with Crippen LogP contribution < -0.4 is 5.73 Å². The topological polar surface area (TPSA) is 110 Å². The zero-order valence-electron chi connectivity index (χ0n) is 19.2. The number of halogens is 6. The second kappa shape index (κ2) is 10.5. The van der Waals surface area contributed by atoms with Crippen molar-refractivity contribution in [2.24, 2.45) is 16.0 Å². The molecule has 196 valence electrons. The van der Waals surface area contributed by atoms with Crippen LogP contribution in [0.1, 0.15) is 33.5 Å². The summed E-state index contributed by atoms with van der Waals surface area (Å²) in [7, 11) is 0. The van der Waals surface area contributed by atoms with E-state index in [0.717, 1.165) is 12.1 Å². The van der Waals surface area contributed by atoms with Gasteiger partial charge in [0.2, 0.25) is 12.5 Å². The lowest BCUT2D eigenvalue weighted by molar-refractivity contribution is -0.275. The molecule has 0 aromatic heterocycles. The van der Waals surface area contributed by atoms with Crippen molar-refractivity contribution in [2.45, 2.75) is 24.6 Å². The Labute approximate surface area is 223 Å². The van der Waals surface area contributed by atoms with E-state index in [0.29, 0.717) is 16.3 Å². The van der Waals surface area contributed by atoms with E-state index in [9.17, 15) is 22.4 Å². The van der Waals surface area contributed by atoms with E-state index >= 15 is 0 Å². The van der Waals surface area contributed by atoms with Gasteiger partial charge in [0.15, 0.2) is 5.82 Å². The first-order valence-electron chi connectivity index (χ1n) is 10.8. The van der Waals surface area contributed by atoms with Gasteiger partial charge in [-0.2, -0.15) is 18.4 Å². The van der Waals surface area contributed by atoms with Gasteiger partial charge in [-0.15, -0.1) is 0 Å². The SMILES string of the molecule is N#CCON=CCc1cc(C2=NOC(c3cc(Cl)c(F)c(Cl)c3)(C(F)(F)F)C2)c2ccccc2c1C(N)=O. The van der Waals surface area contributed by atoms with Crippen molar-refractivity contribution < 1.29 is 32.0 Å². The van der Waals surface area contributed by atoms with Crippen LogP contribution in [0.5, 0.6) is 0 Å². The summed E-state index contributed by atoms with van der Waals surface area (Å²) in [6.07, 6.45) is -4.51. The van der Waals surface area contributed by atoms with E-state index in [-0.39, 0.29) is 29.9 Å². The number of hydrogen-bond donors (Lipinski definition) is 1. The molecule has 3 aromatic carbocycles. The summed E-state index contributed by atoms with van der Waals surface area (Å²) in [5, 5.41) is 15.5. The summed E-state index contributed by atoms with van der Waals surface area (Å²) in [5.41, 5.74) is 2.73. The minimum absolute atomic E-state index is 0.00324. The number of benzene rings is 3. The predicted molar refractivity (Wildman–Crippen MR) is 133 cm³/mol. The van der Waals surface area contributed by atoms with Crippen LogP contribution in [0.3, 0.4) is 0 Å². The molecule has 0 aliphatic carbocycles. The Kier molecular flexibility index (Phi) is 7.49. The van der Waals surface area contributed by atoms with Gasteiger partial charge in [0.05, 0.1) is 21.3 Å². The number of fused-ring (bicyclic) bond motifs is 1. The van der Waals surface area contributed by atoms with Gasteiger partial charge in [-0.1, -0.05) is 57.8 Å². The number of primary amides is 1. The molecule has 1 unspecified atom stereocenters. The van der Waals surface area contributed by atoms with Gasteiger partial charge >= 0.3 is 6.18 Å². The number of nitriles is 1. The zero-order chi connectivity index (χ0) is 27.7. The molecule has 1 aliphatic rings. The summed E-state index contributed by atoms with van der Waals surface area (Å²) in [6.45, 7) is -0.298. The van der Waals surface area contributed by atoms with Crippen LogP contribution >= 0.6 is 23.2 Å². The maximum Gasteiger partial charge on any atom is 0.435 e. The van der Waals surface area contributed by atoms with Gasteiger partial charge in [-0.05, 0) is 34.5 Å². The van der Waals surface area contributed by atoms with E-state index in [2.05, 4.69) is 10.3 Å². The maximum absolute atomic E-state index is 14.5. The van der Waals surface area contributed by atoms with Gasteiger partial charge < -0.3 is 15.4 Å². The molecule has 1 atom stereocenters. The fraction of sp³-hybridized carbons (Fsp3) is 0.200. The molecule has 0 fully saturated rings. The molecule has 38 heavy (non-hydrogen) atoms. The lowest BCUT2D eigenvalue weighted by atomic mass is 9.84. The highest BCUT2D eigenvalue weighted by molar-refractivity contribution is 6.35. The predicted octanol–water partition coefficient (Wildman–Crippen LogP) is 6.04. The van der Waals surface area contributed by atoms with Gasteiger partial charge in [-0.3, -0.25) is 4.79 Å². The number of nitrogens with two attached hydrogens (primary N) is 1. The third kappa shape index (κ3) is 4.85. The van der Waals surface area contributed by atoms with Crippen LogP contribution in [-0.4, -0.2) is 30.6 Å². The molecule has 1 aliphatic heterocycles. The summed E-state index contributed by atoms with van der Waals surface area (Å²) in [4.78, 5) is 22.2. The Hall–Kier alpha value is -3.88. The zero-order valence-corrected chi connectivity index (χ0v) is 20.7. The van der Waals surface area contributed by atoms with E-state index in [1.807, 2.05) is 0 Å². The minimum atomic E-state index is -5.00. The van der Waals surface area contributed by atoms with Crippen molar-refractivity contribution >= 4 is 51.8 Å². The maximum atomic E-state index is 14.5. The van der Waals surface area contributed by atoms with Crippen LogP contribution in [0.4, 0.5) is 17.6 Å². The van der Waals surface area contributed by atoms with Crippen LogP contribution in [0.2, 0.25) is 10.0 Å². The third-order valence-electron chi connectivity index (χ3n) is 5.91. The summed E-state index contributed by atoms with van der Waals surface area (Å²) < 4.78 is 57.4. The molecule has 0 saturated carbocycles. The number of alkyl halides is 3. The highest BCUT2D eigenvalue weighted by Crippen LogP contribution is 2.50. The molecule has 0 radical (unpaired) electrons. The molecule has 7 nitrogen and oxygen atoms in total. The Balaban J connectivity index is 1.85. The van der Waals surface area contributed by atoms with Crippen molar-refractivity contribution in [3.05, 3.63) is 80.6 Å². The van der Waals surface area contributed by atoms with Crippen molar-refractivity contribution in [2.75, 3.05) is 6.61 Å². The lowest BCUT2D eigenvalue weighted by Gasteiger charge is -2.30. The van der Waals surface area contributed by atoms with E-state index in [1.165, 1.54) is 12.3 Å². The smallest absolute Gasteiger partial charge is 0.381 e. The van der Waals surface area contributed by atoms with Gasteiger partial charge in [0.1, 0.15) is 6.07 Å². The first-order chi connectivity index (χ1) is 18.0.